The van der Waals surface area contributed by atoms with Crippen LogP contribution in [0.25, 0.3) is 0 Å². The first-order valence-electron chi connectivity index (χ1n) is 7.36. The highest BCUT2D eigenvalue weighted by atomic mass is 16.4. The molecule has 1 aromatic heterocycles. The molecule has 5 heteroatoms. The van der Waals surface area contributed by atoms with Crippen LogP contribution in [-0.4, -0.2) is 17.2 Å². The number of nitrogens with one attached hydrogen (secondary N) is 2. The second-order valence-electron chi connectivity index (χ2n) is 5.42. The van der Waals surface area contributed by atoms with Crippen LogP contribution in [0.5, 0.6) is 0 Å². The summed E-state index contributed by atoms with van der Waals surface area (Å²) in [5, 5.41) is 15.6. The SMILES string of the molecule is Cc1ccccc1CNC(=O)NC(C)CC(O)c1ccco1. The van der Waals surface area contributed by atoms with E-state index in [2.05, 4.69) is 10.6 Å². The highest BCUT2D eigenvalue weighted by molar-refractivity contribution is 5.74. The zero-order valence-corrected chi connectivity index (χ0v) is 12.9. The Kier molecular flexibility index (Phi) is 5.61. The Hall–Kier alpha value is -2.27. The number of amides is 2. The summed E-state index contributed by atoms with van der Waals surface area (Å²) in [6.07, 6.45) is 1.19. The van der Waals surface area contributed by atoms with Gasteiger partial charge in [-0.3, -0.25) is 0 Å². The van der Waals surface area contributed by atoms with Crippen molar-refractivity contribution in [2.24, 2.45) is 0 Å². The standard InChI is InChI=1S/C17H22N2O3/c1-12-6-3-4-7-14(12)11-18-17(21)19-13(2)10-15(20)16-8-5-9-22-16/h3-9,13,15,20H,10-11H2,1-2H3,(H2,18,19,21). The molecule has 0 saturated carbocycles. The summed E-state index contributed by atoms with van der Waals surface area (Å²) in [6.45, 7) is 4.34. The molecule has 0 bridgehead atoms. The maximum atomic E-state index is 11.9. The normalized spacial score (nSPS) is 13.4. The Morgan fingerprint density at radius 1 is 1.27 bits per heavy atom. The summed E-state index contributed by atoms with van der Waals surface area (Å²) in [4.78, 5) is 11.9. The van der Waals surface area contributed by atoms with Crippen LogP contribution < -0.4 is 10.6 Å². The number of furan rings is 1. The second-order valence-corrected chi connectivity index (χ2v) is 5.42. The zero-order valence-electron chi connectivity index (χ0n) is 12.9. The first-order valence-corrected chi connectivity index (χ1v) is 7.36. The number of hydrogen-bond acceptors (Lipinski definition) is 3. The molecule has 1 aromatic carbocycles. The quantitative estimate of drug-likeness (QED) is 0.768. The maximum Gasteiger partial charge on any atom is 0.315 e. The molecule has 2 rings (SSSR count). The molecule has 2 aromatic rings. The number of benzene rings is 1. The summed E-state index contributed by atoms with van der Waals surface area (Å²) < 4.78 is 5.14. The fourth-order valence-corrected chi connectivity index (χ4v) is 2.25. The van der Waals surface area contributed by atoms with Crippen molar-refractivity contribution in [1.82, 2.24) is 10.6 Å². The minimum atomic E-state index is -0.721. The van der Waals surface area contributed by atoms with Crippen molar-refractivity contribution < 1.29 is 14.3 Å². The molecule has 118 valence electrons. The summed E-state index contributed by atoms with van der Waals surface area (Å²) in [6, 6.07) is 10.9. The number of aryl methyl sites for hydroxylation is 1. The van der Waals surface area contributed by atoms with Crippen LogP contribution in [0.4, 0.5) is 4.79 Å². The van der Waals surface area contributed by atoms with Crippen molar-refractivity contribution in [2.45, 2.75) is 39.0 Å². The van der Waals surface area contributed by atoms with Crippen LogP contribution in [0.3, 0.4) is 0 Å². The Morgan fingerprint density at radius 3 is 2.73 bits per heavy atom. The predicted molar refractivity (Wildman–Crippen MR) is 84.3 cm³/mol. The third-order valence-electron chi connectivity index (χ3n) is 3.53. The lowest BCUT2D eigenvalue weighted by molar-refractivity contribution is 0.129. The molecule has 0 fully saturated rings. The topological polar surface area (TPSA) is 74.5 Å². The van der Waals surface area contributed by atoms with Gasteiger partial charge in [0.1, 0.15) is 11.9 Å². The van der Waals surface area contributed by atoms with Crippen LogP contribution >= 0.6 is 0 Å². The van der Waals surface area contributed by atoms with Gasteiger partial charge in [0.05, 0.1) is 6.26 Å². The van der Waals surface area contributed by atoms with Gasteiger partial charge < -0.3 is 20.2 Å². The van der Waals surface area contributed by atoms with Crippen molar-refractivity contribution in [1.29, 1.82) is 0 Å². The highest BCUT2D eigenvalue weighted by Gasteiger charge is 2.16. The molecule has 0 aliphatic rings. The van der Waals surface area contributed by atoms with Gasteiger partial charge >= 0.3 is 6.03 Å². The number of hydrogen-bond donors (Lipinski definition) is 3. The minimum Gasteiger partial charge on any atom is -0.467 e. The summed E-state index contributed by atoms with van der Waals surface area (Å²) >= 11 is 0. The van der Waals surface area contributed by atoms with E-state index < -0.39 is 6.10 Å². The van der Waals surface area contributed by atoms with Crippen LogP contribution in [0.15, 0.2) is 47.1 Å². The average Bonchev–Trinajstić information content (AvgIpc) is 3.00. The zero-order chi connectivity index (χ0) is 15.9. The molecule has 22 heavy (non-hydrogen) atoms. The number of aliphatic hydroxyl groups is 1. The van der Waals surface area contributed by atoms with Gasteiger partial charge in [-0.15, -0.1) is 0 Å². The number of aliphatic hydroxyl groups excluding tert-OH is 1. The van der Waals surface area contributed by atoms with Gasteiger partial charge in [0.15, 0.2) is 0 Å². The van der Waals surface area contributed by atoms with E-state index in [1.54, 1.807) is 12.1 Å². The Balaban J connectivity index is 1.76. The number of urea groups is 1. The van der Waals surface area contributed by atoms with E-state index in [0.717, 1.165) is 11.1 Å². The summed E-state index contributed by atoms with van der Waals surface area (Å²) in [7, 11) is 0. The molecule has 0 saturated heterocycles. The maximum absolute atomic E-state index is 11.9. The van der Waals surface area contributed by atoms with Crippen LogP contribution in [0, 0.1) is 6.92 Å². The largest absolute Gasteiger partial charge is 0.467 e. The fraction of sp³-hybridized carbons (Fsp3) is 0.353. The van der Waals surface area contributed by atoms with Gasteiger partial charge in [-0.25, -0.2) is 4.79 Å². The molecule has 0 aliphatic heterocycles. The molecule has 2 unspecified atom stereocenters. The van der Waals surface area contributed by atoms with Gasteiger partial charge in [0.2, 0.25) is 0 Å². The molecule has 2 amide bonds. The smallest absolute Gasteiger partial charge is 0.315 e. The molecule has 0 aliphatic carbocycles. The molecular weight excluding hydrogens is 280 g/mol. The van der Waals surface area contributed by atoms with E-state index in [4.69, 9.17) is 4.42 Å². The van der Waals surface area contributed by atoms with E-state index in [9.17, 15) is 9.90 Å². The minimum absolute atomic E-state index is 0.169. The van der Waals surface area contributed by atoms with Gasteiger partial charge in [0.25, 0.3) is 0 Å². The molecule has 0 spiro atoms. The van der Waals surface area contributed by atoms with Crippen molar-refractivity contribution in [3.63, 3.8) is 0 Å². The molecular formula is C17H22N2O3. The second kappa shape index (κ2) is 7.66. The van der Waals surface area contributed by atoms with Crippen molar-refractivity contribution in [3.8, 4) is 0 Å². The van der Waals surface area contributed by atoms with E-state index in [-0.39, 0.29) is 12.1 Å². The monoisotopic (exact) mass is 302 g/mol. The van der Waals surface area contributed by atoms with Crippen LogP contribution in [0.1, 0.15) is 36.3 Å². The molecule has 3 N–H and O–H groups in total. The third kappa shape index (κ3) is 4.63. The lowest BCUT2D eigenvalue weighted by atomic mass is 10.1. The number of carbonyl (C=O) groups is 1. The summed E-state index contributed by atoms with van der Waals surface area (Å²) in [5.74, 6) is 0.508. The average molecular weight is 302 g/mol. The fourth-order valence-electron chi connectivity index (χ4n) is 2.25. The van der Waals surface area contributed by atoms with E-state index in [1.165, 1.54) is 6.26 Å². The Labute approximate surface area is 130 Å². The van der Waals surface area contributed by atoms with Crippen molar-refractivity contribution in [3.05, 3.63) is 59.5 Å². The van der Waals surface area contributed by atoms with Crippen LogP contribution in [0.2, 0.25) is 0 Å². The molecule has 1 heterocycles. The first kappa shape index (κ1) is 16.1. The summed E-state index contributed by atoms with van der Waals surface area (Å²) in [5.41, 5.74) is 2.23. The Bertz CT molecular complexity index is 596. The van der Waals surface area contributed by atoms with E-state index >= 15 is 0 Å². The molecule has 5 nitrogen and oxygen atoms in total. The number of carbonyl (C=O) groups excluding carboxylic acids is 1. The Morgan fingerprint density at radius 2 is 2.05 bits per heavy atom. The van der Waals surface area contributed by atoms with E-state index in [1.807, 2.05) is 38.1 Å². The predicted octanol–water partition coefficient (Wildman–Crippen LogP) is 2.90. The van der Waals surface area contributed by atoms with Gasteiger partial charge in [0, 0.05) is 19.0 Å². The first-order chi connectivity index (χ1) is 10.6. The number of rotatable bonds is 6. The molecule has 0 radical (unpaired) electrons. The lowest BCUT2D eigenvalue weighted by Gasteiger charge is -2.17. The highest BCUT2D eigenvalue weighted by Crippen LogP contribution is 2.18. The molecule has 2 atom stereocenters. The third-order valence-corrected chi connectivity index (χ3v) is 3.53. The van der Waals surface area contributed by atoms with Gasteiger partial charge in [-0.2, -0.15) is 0 Å². The van der Waals surface area contributed by atoms with Gasteiger partial charge in [-0.1, -0.05) is 24.3 Å². The van der Waals surface area contributed by atoms with Crippen molar-refractivity contribution in [2.75, 3.05) is 0 Å². The van der Waals surface area contributed by atoms with Crippen LogP contribution in [-0.2, 0) is 6.54 Å². The van der Waals surface area contributed by atoms with Crippen molar-refractivity contribution >= 4 is 6.03 Å². The van der Waals surface area contributed by atoms with E-state index in [0.29, 0.717) is 18.7 Å². The van der Waals surface area contributed by atoms with Gasteiger partial charge in [-0.05, 0) is 37.1 Å². The lowest BCUT2D eigenvalue weighted by Crippen LogP contribution is -2.41.